The number of non-ortho nitro benzene ring substituents is 1. The van der Waals surface area contributed by atoms with Gasteiger partial charge in [-0.2, -0.15) is 0 Å². The lowest BCUT2D eigenvalue weighted by Crippen LogP contribution is -2.37. The molecule has 1 saturated heterocycles. The molecule has 1 N–H and O–H groups in total. The Morgan fingerprint density at radius 1 is 1.23 bits per heavy atom. The number of carbonyl (C=O) groups is 2. The minimum Gasteiger partial charge on any atom is -0.462 e. The van der Waals surface area contributed by atoms with Gasteiger partial charge in [0.1, 0.15) is 0 Å². The molecule has 3 rings (SSSR count). The van der Waals surface area contributed by atoms with Gasteiger partial charge in [-0.3, -0.25) is 14.9 Å². The van der Waals surface area contributed by atoms with E-state index in [1.54, 1.807) is 37.3 Å². The molecule has 1 heterocycles. The molecule has 0 atom stereocenters. The van der Waals surface area contributed by atoms with Gasteiger partial charge in [0, 0.05) is 37.0 Å². The summed E-state index contributed by atoms with van der Waals surface area (Å²) in [6.07, 6.45) is 2.76. The van der Waals surface area contributed by atoms with Crippen LogP contribution in [0.25, 0.3) is 6.08 Å². The summed E-state index contributed by atoms with van der Waals surface area (Å²) in [6, 6.07) is 11.0. The lowest BCUT2D eigenvalue weighted by atomic mass is 10.1. The standard InChI is InChI=1S/C22H23N3O6/c1-2-31-22(27)19-15-17(7-8-20(19)24-10-12-30-13-11-24)23-21(26)9-6-16-4-3-5-18(14-16)25(28)29/h3-9,14-15H,2,10-13H2,1H3,(H,23,26)/b9-6+. The normalized spacial score (nSPS) is 13.8. The molecule has 2 aromatic rings. The molecule has 0 aromatic heterocycles. The van der Waals surface area contributed by atoms with Gasteiger partial charge < -0.3 is 19.7 Å². The van der Waals surface area contributed by atoms with Crippen LogP contribution in [0.15, 0.2) is 48.5 Å². The SMILES string of the molecule is CCOC(=O)c1cc(NC(=O)/C=C/c2cccc([N+](=O)[O-])c2)ccc1N1CCOCC1. The molecule has 2 aromatic carbocycles. The topological polar surface area (TPSA) is 111 Å². The minimum absolute atomic E-state index is 0.0552. The van der Waals surface area contributed by atoms with E-state index >= 15 is 0 Å². The lowest BCUT2D eigenvalue weighted by Gasteiger charge is -2.30. The summed E-state index contributed by atoms with van der Waals surface area (Å²) in [5.41, 5.74) is 2.00. The lowest BCUT2D eigenvalue weighted by molar-refractivity contribution is -0.384. The number of hydrogen-bond donors (Lipinski definition) is 1. The Balaban J connectivity index is 1.76. The van der Waals surface area contributed by atoms with Crippen molar-refractivity contribution in [2.45, 2.75) is 6.92 Å². The molecule has 0 unspecified atom stereocenters. The third-order valence-electron chi connectivity index (χ3n) is 4.62. The number of amides is 1. The van der Waals surface area contributed by atoms with Crippen molar-refractivity contribution in [2.24, 2.45) is 0 Å². The Morgan fingerprint density at radius 2 is 2.00 bits per heavy atom. The Hall–Kier alpha value is -3.72. The van der Waals surface area contributed by atoms with Crippen LogP contribution in [0.1, 0.15) is 22.8 Å². The first-order chi connectivity index (χ1) is 15.0. The van der Waals surface area contributed by atoms with Crippen molar-refractivity contribution in [3.63, 3.8) is 0 Å². The molecular formula is C22H23N3O6. The molecule has 0 saturated carbocycles. The Labute approximate surface area is 179 Å². The van der Waals surface area contributed by atoms with Crippen molar-refractivity contribution in [1.29, 1.82) is 0 Å². The maximum Gasteiger partial charge on any atom is 0.340 e. The highest BCUT2D eigenvalue weighted by Gasteiger charge is 2.20. The molecule has 0 aliphatic carbocycles. The predicted octanol–water partition coefficient (Wildman–Crippen LogP) is 3.26. The van der Waals surface area contributed by atoms with Gasteiger partial charge in [-0.05, 0) is 36.8 Å². The van der Waals surface area contributed by atoms with Crippen LogP contribution in [0.4, 0.5) is 17.1 Å². The molecule has 31 heavy (non-hydrogen) atoms. The summed E-state index contributed by atoms with van der Waals surface area (Å²) < 4.78 is 10.5. The van der Waals surface area contributed by atoms with Crippen LogP contribution < -0.4 is 10.2 Å². The largest absolute Gasteiger partial charge is 0.462 e. The predicted molar refractivity (Wildman–Crippen MR) is 116 cm³/mol. The van der Waals surface area contributed by atoms with Gasteiger partial charge in [0.15, 0.2) is 0 Å². The fourth-order valence-corrected chi connectivity index (χ4v) is 3.16. The summed E-state index contributed by atoms with van der Waals surface area (Å²) in [6.45, 7) is 4.43. The molecule has 1 aliphatic heterocycles. The third-order valence-corrected chi connectivity index (χ3v) is 4.62. The van der Waals surface area contributed by atoms with Crippen LogP contribution in [-0.2, 0) is 14.3 Å². The zero-order valence-electron chi connectivity index (χ0n) is 17.1. The Kier molecular flexibility index (Phi) is 7.34. The summed E-state index contributed by atoms with van der Waals surface area (Å²) >= 11 is 0. The first kappa shape index (κ1) is 22.0. The maximum absolute atomic E-state index is 12.5. The fourth-order valence-electron chi connectivity index (χ4n) is 3.16. The van der Waals surface area contributed by atoms with E-state index in [1.807, 2.05) is 4.90 Å². The summed E-state index contributed by atoms with van der Waals surface area (Å²) in [5, 5.41) is 13.6. The van der Waals surface area contributed by atoms with Crippen LogP contribution in [0, 0.1) is 10.1 Å². The number of anilines is 2. The molecule has 0 radical (unpaired) electrons. The minimum atomic E-state index is -0.496. The second kappa shape index (κ2) is 10.4. The molecule has 9 heteroatoms. The zero-order valence-corrected chi connectivity index (χ0v) is 17.1. The third kappa shape index (κ3) is 5.89. The number of morpholine rings is 1. The van der Waals surface area contributed by atoms with Crippen LogP contribution in [0.5, 0.6) is 0 Å². The van der Waals surface area contributed by atoms with Crippen molar-refractivity contribution in [3.8, 4) is 0 Å². The number of nitrogens with one attached hydrogen (secondary N) is 1. The first-order valence-electron chi connectivity index (χ1n) is 9.85. The van der Waals surface area contributed by atoms with E-state index in [-0.39, 0.29) is 12.3 Å². The monoisotopic (exact) mass is 425 g/mol. The summed E-state index contributed by atoms with van der Waals surface area (Å²) in [4.78, 5) is 37.2. The zero-order chi connectivity index (χ0) is 22.2. The van der Waals surface area contributed by atoms with Crippen LogP contribution in [0.3, 0.4) is 0 Å². The number of nitro groups is 1. The molecule has 9 nitrogen and oxygen atoms in total. The first-order valence-corrected chi connectivity index (χ1v) is 9.85. The number of esters is 1. The Morgan fingerprint density at radius 3 is 2.71 bits per heavy atom. The van der Waals surface area contributed by atoms with Crippen LogP contribution in [-0.4, -0.2) is 49.7 Å². The van der Waals surface area contributed by atoms with E-state index in [1.165, 1.54) is 24.3 Å². The average Bonchev–Trinajstić information content (AvgIpc) is 2.78. The van der Waals surface area contributed by atoms with Crippen LogP contribution in [0.2, 0.25) is 0 Å². The van der Waals surface area contributed by atoms with Gasteiger partial charge in [0.25, 0.3) is 5.69 Å². The van der Waals surface area contributed by atoms with E-state index in [9.17, 15) is 19.7 Å². The van der Waals surface area contributed by atoms with Gasteiger partial charge in [-0.25, -0.2) is 4.79 Å². The molecule has 1 fully saturated rings. The van der Waals surface area contributed by atoms with E-state index in [0.29, 0.717) is 43.1 Å². The van der Waals surface area contributed by atoms with Crippen LogP contribution >= 0.6 is 0 Å². The van der Waals surface area contributed by atoms with Gasteiger partial charge in [0.05, 0.1) is 36.0 Å². The second-order valence-corrected chi connectivity index (χ2v) is 6.73. The second-order valence-electron chi connectivity index (χ2n) is 6.73. The average molecular weight is 425 g/mol. The summed E-state index contributed by atoms with van der Waals surface area (Å²) in [7, 11) is 0. The number of rotatable bonds is 7. The molecule has 162 valence electrons. The van der Waals surface area contributed by atoms with Gasteiger partial charge in [0.2, 0.25) is 5.91 Å². The van der Waals surface area contributed by atoms with E-state index in [0.717, 1.165) is 5.69 Å². The van der Waals surface area contributed by atoms with Crippen molar-refractivity contribution < 1.29 is 24.0 Å². The van der Waals surface area contributed by atoms with Crippen molar-refractivity contribution in [2.75, 3.05) is 43.1 Å². The highest BCUT2D eigenvalue weighted by Crippen LogP contribution is 2.26. The van der Waals surface area contributed by atoms with Crippen molar-refractivity contribution in [1.82, 2.24) is 0 Å². The fraction of sp³-hybridized carbons (Fsp3) is 0.273. The highest BCUT2D eigenvalue weighted by atomic mass is 16.6. The number of nitro benzene ring substituents is 1. The number of ether oxygens (including phenoxy) is 2. The highest BCUT2D eigenvalue weighted by molar-refractivity contribution is 6.04. The maximum atomic E-state index is 12.5. The molecular weight excluding hydrogens is 402 g/mol. The van der Waals surface area contributed by atoms with Gasteiger partial charge >= 0.3 is 5.97 Å². The molecule has 1 aliphatic rings. The molecule has 0 bridgehead atoms. The number of nitrogens with zero attached hydrogens (tertiary/aromatic N) is 2. The van der Waals surface area contributed by atoms with Gasteiger partial charge in [-0.15, -0.1) is 0 Å². The quantitative estimate of drug-likeness (QED) is 0.314. The van der Waals surface area contributed by atoms with Gasteiger partial charge in [-0.1, -0.05) is 12.1 Å². The van der Waals surface area contributed by atoms with E-state index < -0.39 is 16.8 Å². The van der Waals surface area contributed by atoms with Crippen molar-refractivity contribution >= 4 is 35.0 Å². The molecule has 0 spiro atoms. The number of benzene rings is 2. The van der Waals surface area contributed by atoms with E-state index in [2.05, 4.69) is 5.32 Å². The summed E-state index contributed by atoms with van der Waals surface area (Å²) in [5.74, 6) is -0.896. The number of hydrogen-bond acceptors (Lipinski definition) is 7. The van der Waals surface area contributed by atoms with E-state index in [4.69, 9.17) is 9.47 Å². The smallest absolute Gasteiger partial charge is 0.340 e. The molecule has 1 amide bonds. The van der Waals surface area contributed by atoms with Crippen molar-refractivity contribution in [3.05, 3.63) is 69.8 Å². The number of carbonyl (C=O) groups excluding carboxylic acids is 2. The Bertz CT molecular complexity index is 998.